The summed E-state index contributed by atoms with van der Waals surface area (Å²) in [5.74, 6) is 0.247. The predicted octanol–water partition coefficient (Wildman–Crippen LogP) is 1.87. The summed E-state index contributed by atoms with van der Waals surface area (Å²) in [6, 6.07) is 0. The van der Waals surface area contributed by atoms with E-state index in [-0.39, 0.29) is 11.2 Å². The number of piperidine rings is 1. The van der Waals surface area contributed by atoms with Crippen LogP contribution in [0, 0.1) is 5.92 Å². The third-order valence-corrected chi connectivity index (χ3v) is 3.75. The Kier molecular flexibility index (Phi) is 3.43. The van der Waals surface area contributed by atoms with Crippen LogP contribution in [0.4, 0.5) is 4.79 Å². The topological polar surface area (TPSA) is 84.1 Å². The molecule has 20 heavy (non-hydrogen) atoms. The van der Waals surface area contributed by atoms with E-state index in [4.69, 9.17) is 16.7 Å². The van der Waals surface area contributed by atoms with E-state index in [0.29, 0.717) is 25.3 Å². The molecule has 106 valence electrons. The van der Waals surface area contributed by atoms with Crippen LogP contribution in [0.15, 0.2) is 12.4 Å². The van der Waals surface area contributed by atoms with Crippen LogP contribution in [-0.2, 0) is 6.54 Å². The van der Waals surface area contributed by atoms with E-state index in [2.05, 4.69) is 15.1 Å². The number of likely N-dealkylation sites (tertiary alicyclic amines) is 1. The monoisotopic (exact) mass is 295 g/mol. The minimum atomic E-state index is -0.856. The minimum Gasteiger partial charge on any atom is -0.465 e. The molecule has 8 heteroatoms. The van der Waals surface area contributed by atoms with Gasteiger partial charge in [-0.15, -0.1) is 0 Å². The molecule has 3 rings (SSSR count). The Labute approximate surface area is 120 Å². The van der Waals surface area contributed by atoms with Crippen molar-refractivity contribution in [1.29, 1.82) is 0 Å². The summed E-state index contributed by atoms with van der Waals surface area (Å²) in [5, 5.41) is 14.4. The number of hydrogen-bond acceptors (Lipinski definition) is 4. The van der Waals surface area contributed by atoms with Gasteiger partial charge in [-0.3, -0.25) is 0 Å². The third kappa shape index (κ3) is 2.53. The first-order valence-electron chi connectivity index (χ1n) is 6.45. The zero-order chi connectivity index (χ0) is 14.1. The lowest BCUT2D eigenvalue weighted by Crippen LogP contribution is -2.40. The van der Waals surface area contributed by atoms with Gasteiger partial charge in [0.05, 0.1) is 11.6 Å². The molecule has 1 saturated heterocycles. The third-order valence-electron chi connectivity index (χ3n) is 3.57. The first-order chi connectivity index (χ1) is 9.63. The molecule has 0 saturated carbocycles. The van der Waals surface area contributed by atoms with Crippen molar-refractivity contribution in [3.05, 3.63) is 17.7 Å². The molecule has 1 aliphatic rings. The Morgan fingerprint density at radius 1 is 1.50 bits per heavy atom. The van der Waals surface area contributed by atoms with Gasteiger partial charge in [-0.05, 0) is 30.4 Å². The number of aromatic nitrogens is 4. The van der Waals surface area contributed by atoms with Crippen LogP contribution in [0.2, 0.25) is 5.28 Å². The highest BCUT2D eigenvalue weighted by Crippen LogP contribution is 2.20. The predicted molar refractivity (Wildman–Crippen MR) is 72.7 cm³/mol. The molecule has 1 atom stereocenters. The summed E-state index contributed by atoms with van der Waals surface area (Å²) in [5.41, 5.74) is 0.692. The lowest BCUT2D eigenvalue weighted by molar-refractivity contribution is 0.116. The summed E-state index contributed by atoms with van der Waals surface area (Å²) in [6.45, 7) is 1.79. The van der Waals surface area contributed by atoms with Crippen LogP contribution in [0.5, 0.6) is 0 Å². The average molecular weight is 296 g/mol. The second-order valence-corrected chi connectivity index (χ2v) is 5.32. The van der Waals surface area contributed by atoms with Crippen LogP contribution in [-0.4, -0.2) is 48.9 Å². The number of nitrogens with zero attached hydrogens (tertiary/aromatic N) is 5. The second-order valence-electron chi connectivity index (χ2n) is 4.98. The van der Waals surface area contributed by atoms with E-state index in [1.54, 1.807) is 17.1 Å². The maximum absolute atomic E-state index is 11.0. The molecule has 0 bridgehead atoms. The molecule has 3 heterocycles. The molecule has 0 aromatic carbocycles. The molecular weight excluding hydrogens is 282 g/mol. The van der Waals surface area contributed by atoms with E-state index >= 15 is 0 Å². The summed E-state index contributed by atoms with van der Waals surface area (Å²) < 4.78 is 1.78. The van der Waals surface area contributed by atoms with E-state index in [0.717, 1.165) is 18.2 Å². The average Bonchev–Trinajstić information content (AvgIpc) is 2.82. The van der Waals surface area contributed by atoms with Crippen molar-refractivity contribution in [1.82, 2.24) is 24.6 Å². The van der Waals surface area contributed by atoms with E-state index < -0.39 is 6.09 Å². The summed E-state index contributed by atoms with van der Waals surface area (Å²) in [4.78, 5) is 20.6. The maximum atomic E-state index is 11.0. The number of amides is 1. The molecule has 2 aromatic heterocycles. The first kappa shape index (κ1) is 13.1. The lowest BCUT2D eigenvalue weighted by atomic mass is 9.98. The van der Waals surface area contributed by atoms with Gasteiger partial charge >= 0.3 is 6.09 Å². The number of fused-ring (bicyclic) bond motifs is 1. The summed E-state index contributed by atoms with van der Waals surface area (Å²) >= 11 is 5.81. The van der Waals surface area contributed by atoms with Gasteiger partial charge in [-0.2, -0.15) is 10.1 Å². The Hall–Kier alpha value is -1.89. The Bertz CT molecular complexity index is 644. The number of halogens is 1. The van der Waals surface area contributed by atoms with Gasteiger partial charge in [-0.1, -0.05) is 0 Å². The standard InChI is InChI=1S/C12H14ClN5O2/c13-11-14-4-9-5-15-18(10(9)16-11)7-8-2-1-3-17(6-8)12(19)20/h4-5,8H,1-3,6-7H2,(H,19,20)/t8-/m1/s1. The van der Waals surface area contributed by atoms with Crippen LogP contribution < -0.4 is 0 Å². The molecule has 1 aliphatic heterocycles. The van der Waals surface area contributed by atoms with Crippen molar-refractivity contribution in [3.8, 4) is 0 Å². The highest BCUT2D eigenvalue weighted by atomic mass is 35.5. The van der Waals surface area contributed by atoms with Crippen LogP contribution in [0.3, 0.4) is 0 Å². The van der Waals surface area contributed by atoms with E-state index in [1.807, 2.05) is 0 Å². The molecule has 1 fully saturated rings. The number of carbonyl (C=O) groups is 1. The fourth-order valence-corrected chi connectivity index (χ4v) is 2.74. The van der Waals surface area contributed by atoms with Gasteiger partial charge in [0.15, 0.2) is 5.65 Å². The van der Waals surface area contributed by atoms with Crippen LogP contribution in [0.25, 0.3) is 11.0 Å². The largest absolute Gasteiger partial charge is 0.465 e. The van der Waals surface area contributed by atoms with Gasteiger partial charge in [0.1, 0.15) is 0 Å². The van der Waals surface area contributed by atoms with E-state index in [9.17, 15) is 4.79 Å². The van der Waals surface area contributed by atoms with Gasteiger partial charge in [-0.25, -0.2) is 14.5 Å². The van der Waals surface area contributed by atoms with Crippen molar-refractivity contribution in [2.75, 3.05) is 13.1 Å². The second kappa shape index (κ2) is 5.24. The Balaban J connectivity index is 1.79. The Morgan fingerprint density at radius 3 is 3.15 bits per heavy atom. The highest BCUT2D eigenvalue weighted by molar-refractivity contribution is 6.28. The lowest BCUT2D eigenvalue weighted by Gasteiger charge is -2.30. The SMILES string of the molecule is O=C(O)N1CCC[C@@H](Cn2ncc3cnc(Cl)nc32)C1. The number of rotatable bonds is 2. The fraction of sp³-hybridized carbons (Fsp3) is 0.500. The van der Waals surface area contributed by atoms with Crippen molar-refractivity contribution >= 4 is 28.7 Å². The fourth-order valence-electron chi connectivity index (χ4n) is 2.61. The van der Waals surface area contributed by atoms with Crippen LogP contribution in [0.1, 0.15) is 12.8 Å². The van der Waals surface area contributed by atoms with Crippen molar-refractivity contribution < 1.29 is 9.90 Å². The summed E-state index contributed by atoms with van der Waals surface area (Å²) in [7, 11) is 0. The smallest absolute Gasteiger partial charge is 0.407 e. The van der Waals surface area contributed by atoms with Gasteiger partial charge in [0.25, 0.3) is 0 Å². The normalized spacial score (nSPS) is 19.4. The van der Waals surface area contributed by atoms with Crippen molar-refractivity contribution in [2.45, 2.75) is 19.4 Å². The zero-order valence-electron chi connectivity index (χ0n) is 10.7. The minimum absolute atomic E-state index is 0.190. The number of hydrogen-bond donors (Lipinski definition) is 1. The molecule has 0 radical (unpaired) electrons. The molecule has 1 N–H and O–H groups in total. The van der Waals surface area contributed by atoms with Gasteiger partial charge < -0.3 is 10.0 Å². The zero-order valence-corrected chi connectivity index (χ0v) is 11.5. The van der Waals surface area contributed by atoms with Gasteiger partial charge in [0.2, 0.25) is 5.28 Å². The first-order valence-corrected chi connectivity index (χ1v) is 6.83. The van der Waals surface area contributed by atoms with Crippen LogP contribution >= 0.6 is 11.6 Å². The molecule has 7 nitrogen and oxygen atoms in total. The van der Waals surface area contributed by atoms with Crippen molar-refractivity contribution in [3.63, 3.8) is 0 Å². The quantitative estimate of drug-likeness (QED) is 0.855. The molecular formula is C12H14ClN5O2. The molecule has 0 unspecified atom stereocenters. The number of carboxylic acid groups (broad SMARTS) is 1. The van der Waals surface area contributed by atoms with E-state index in [1.165, 1.54) is 4.90 Å². The van der Waals surface area contributed by atoms with Crippen molar-refractivity contribution in [2.24, 2.45) is 5.92 Å². The molecule has 0 spiro atoms. The summed E-state index contributed by atoms with van der Waals surface area (Å²) in [6.07, 6.45) is 4.35. The highest BCUT2D eigenvalue weighted by Gasteiger charge is 2.24. The molecule has 2 aromatic rings. The maximum Gasteiger partial charge on any atom is 0.407 e. The molecule has 1 amide bonds. The Morgan fingerprint density at radius 2 is 2.35 bits per heavy atom. The molecule has 0 aliphatic carbocycles. The van der Waals surface area contributed by atoms with Gasteiger partial charge in [0, 0.05) is 25.8 Å².